The maximum atomic E-state index is 11.9. The van der Waals surface area contributed by atoms with E-state index in [0.29, 0.717) is 11.3 Å². The van der Waals surface area contributed by atoms with E-state index in [2.05, 4.69) is 21.2 Å². The molecule has 0 aromatic heterocycles. The minimum atomic E-state index is -1.01. The first-order valence-electron chi connectivity index (χ1n) is 5.72. The fourth-order valence-electron chi connectivity index (χ4n) is 1.22. The second-order valence-corrected chi connectivity index (χ2v) is 5.97. The lowest BCUT2D eigenvalue weighted by Gasteiger charge is -2.18. The molecule has 1 amide bonds. The van der Waals surface area contributed by atoms with Gasteiger partial charge in [0.05, 0.1) is 5.69 Å². The fourth-order valence-corrected chi connectivity index (χ4v) is 1.57. The molecule has 5 heteroatoms. The molecule has 102 valence electrons. The first-order chi connectivity index (χ1) is 8.70. The number of benzene rings is 1. The van der Waals surface area contributed by atoms with Gasteiger partial charge in [0.15, 0.2) is 0 Å². The van der Waals surface area contributed by atoms with Crippen LogP contribution in [0.1, 0.15) is 26.3 Å². The van der Waals surface area contributed by atoms with Crippen LogP contribution in [0.25, 0.3) is 6.08 Å². The van der Waals surface area contributed by atoms with Gasteiger partial charge in [-0.25, -0.2) is 4.79 Å². The summed E-state index contributed by atoms with van der Waals surface area (Å²) in [5.74, 6) is -1.12. The average Bonchev–Trinajstić information content (AvgIpc) is 2.28. The Bertz CT molecular complexity index is 530. The Kier molecular flexibility index (Phi) is 4.89. The van der Waals surface area contributed by atoms with E-state index in [1.165, 1.54) is 6.08 Å². The van der Waals surface area contributed by atoms with Crippen molar-refractivity contribution >= 4 is 39.6 Å². The summed E-state index contributed by atoms with van der Waals surface area (Å²) in [6.07, 6.45) is 2.53. The average molecular weight is 326 g/mol. The largest absolute Gasteiger partial charge is 0.478 e. The van der Waals surface area contributed by atoms with Gasteiger partial charge < -0.3 is 10.4 Å². The summed E-state index contributed by atoms with van der Waals surface area (Å²) in [7, 11) is 0. The van der Waals surface area contributed by atoms with Crippen molar-refractivity contribution in [3.63, 3.8) is 0 Å². The molecule has 0 spiro atoms. The highest BCUT2D eigenvalue weighted by molar-refractivity contribution is 9.10. The molecule has 19 heavy (non-hydrogen) atoms. The van der Waals surface area contributed by atoms with Crippen molar-refractivity contribution in [2.24, 2.45) is 5.41 Å². The van der Waals surface area contributed by atoms with E-state index < -0.39 is 11.4 Å². The monoisotopic (exact) mass is 325 g/mol. The Morgan fingerprint density at radius 2 is 1.95 bits per heavy atom. The summed E-state index contributed by atoms with van der Waals surface area (Å²) in [4.78, 5) is 22.4. The lowest BCUT2D eigenvalue weighted by Crippen LogP contribution is -2.27. The Hall–Kier alpha value is -1.62. The van der Waals surface area contributed by atoms with Crippen molar-refractivity contribution in [1.82, 2.24) is 0 Å². The number of anilines is 1. The molecule has 4 nitrogen and oxygen atoms in total. The van der Waals surface area contributed by atoms with Gasteiger partial charge in [0.25, 0.3) is 0 Å². The Labute approximate surface area is 120 Å². The zero-order chi connectivity index (χ0) is 14.6. The van der Waals surface area contributed by atoms with Gasteiger partial charge in [-0.2, -0.15) is 0 Å². The van der Waals surface area contributed by atoms with Gasteiger partial charge in [-0.1, -0.05) is 26.8 Å². The predicted molar refractivity (Wildman–Crippen MR) is 78.9 cm³/mol. The number of aliphatic carboxylic acids is 1. The van der Waals surface area contributed by atoms with Crippen LogP contribution in [0.3, 0.4) is 0 Å². The molecule has 0 aliphatic carbocycles. The van der Waals surface area contributed by atoms with Gasteiger partial charge in [-0.3, -0.25) is 4.79 Å². The molecule has 0 heterocycles. The molecule has 0 saturated heterocycles. The topological polar surface area (TPSA) is 66.4 Å². The second-order valence-electron chi connectivity index (χ2n) is 5.11. The molecule has 1 aromatic rings. The van der Waals surface area contributed by atoms with Gasteiger partial charge in [0.1, 0.15) is 0 Å². The van der Waals surface area contributed by atoms with E-state index in [1.807, 2.05) is 20.8 Å². The minimum Gasteiger partial charge on any atom is -0.478 e. The highest BCUT2D eigenvalue weighted by Gasteiger charge is 2.21. The number of carbonyl (C=O) groups is 2. The molecular formula is C14H16BrNO3. The van der Waals surface area contributed by atoms with Gasteiger partial charge in [-0.05, 0) is 39.7 Å². The summed E-state index contributed by atoms with van der Waals surface area (Å²) in [5, 5.41) is 11.4. The van der Waals surface area contributed by atoms with E-state index >= 15 is 0 Å². The van der Waals surface area contributed by atoms with Crippen LogP contribution in [0.15, 0.2) is 28.7 Å². The zero-order valence-electron chi connectivity index (χ0n) is 11.0. The summed E-state index contributed by atoms with van der Waals surface area (Å²) in [6, 6.07) is 5.24. The quantitative estimate of drug-likeness (QED) is 0.835. The van der Waals surface area contributed by atoms with Crippen molar-refractivity contribution in [2.75, 3.05) is 5.32 Å². The van der Waals surface area contributed by atoms with Crippen LogP contribution in [-0.2, 0) is 9.59 Å². The molecule has 0 bridgehead atoms. The van der Waals surface area contributed by atoms with Crippen molar-refractivity contribution in [2.45, 2.75) is 20.8 Å². The molecule has 1 aromatic carbocycles. The molecule has 0 atom stereocenters. The zero-order valence-corrected chi connectivity index (χ0v) is 12.6. The molecule has 0 unspecified atom stereocenters. The second kappa shape index (κ2) is 6.02. The molecule has 0 aliphatic heterocycles. The van der Waals surface area contributed by atoms with E-state index in [9.17, 15) is 9.59 Å². The number of amides is 1. The number of carboxylic acid groups (broad SMARTS) is 1. The molecule has 0 aliphatic rings. The van der Waals surface area contributed by atoms with E-state index in [-0.39, 0.29) is 5.91 Å². The van der Waals surface area contributed by atoms with Gasteiger partial charge in [-0.15, -0.1) is 0 Å². The number of rotatable bonds is 3. The van der Waals surface area contributed by atoms with Crippen molar-refractivity contribution in [1.29, 1.82) is 0 Å². The molecule has 2 N–H and O–H groups in total. The SMILES string of the molecule is CC(C)(C)C(=O)Nc1cc(/C=C/C(=O)O)ccc1Br. The summed E-state index contributed by atoms with van der Waals surface area (Å²) in [6.45, 7) is 5.47. The lowest BCUT2D eigenvalue weighted by atomic mass is 9.95. The maximum absolute atomic E-state index is 11.9. The minimum absolute atomic E-state index is 0.104. The normalized spacial score (nSPS) is 11.6. The number of carbonyl (C=O) groups excluding carboxylic acids is 1. The molecular weight excluding hydrogens is 310 g/mol. The number of hydrogen-bond acceptors (Lipinski definition) is 2. The predicted octanol–water partition coefficient (Wildman–Crippen LogP) is 3.53. The van der Waals surface area contributed by atoms with Gasteiger partial charge in [0, 0.05) is 16.0 Å². The Morgan fingerprint density at radius 1 is 1.32 bits per heavy atom. The number of hydrogen-bond donors (Lipinski definition) is 2. The first-order valence-corrected chi connectivity index (χ1v) is 6.51. The first kappa shape index (κ1) is 15.4. The number of halogens is 1. The van der Waals surface area contributed by atoms with E-state index in [4.69, 9.17) is 5.11 Å². The molecule has 1 rings (SSSR count). The van der Waals surface area contributed by atoms with Crippen LogP contribution in [0.4, 0.5) is 5.69 Å². The highest BCUT2D eigenvalue weighted by atomic mass is 79.9. The Balaban J connectivity index is 2.98. The summed E-state index contributed by atoms with van der Waals surface area (Å²) in [5.41, 5.74) is 0.828. The molecule has 0 radical (unpaired) electrons. The smallest absolute Gasteiger partial charge is 0.328 e. The molecule has 0 fully saturated rings. The van der Waals surface area contributed by atoms with E-state index in [0.717, 1.165) is 10.5 Å². The summed E-state index contributed by atoms with van der Waals surface area (Å²) < 4.78 is 0.748. The Morgan fingerprint density at radius 3 is 2.47 bits per heavy atom. The van der Waals surface area contributed by atoms with E-state index in [1.54, 1.807) is 18.2 Å². The third-order valence-corrected chi connectivity index (χ3v) is 3.03. The maximum Gasteiger partial charge on any atom is 0.328 e. The standard InChI is InChI=1S/C14H16BrNO3/c1-14(2,3)13(19)16-11-8-9(4-6-10(11)15)5-7-12(17)18/h4-8H,1-3H3,(H,16,19)(H,17,18)/b7-5+. The fraction of sp³-hybridized carbons (Fsp3) is 0.286. The van der Waals surface area contributed by atoms with Gasteiger partial charge >= 0.3 is 5.97 Å². The lowest BCUT2D eigenvalue weighted by molar-refractivity contribution is -0.131. The summed E-state index contributed by atoms with van der Waals surface area (Å²) >= 11 is 3.35. The third kappa shape index (κ3) is 4.87. The van der Waals surface area contributed by atoms with Crippen LogP contribution in [0.5, 0.6) is 0 Å². The molecule has 0 saturated carbocycles. The van der Waals surface area contributed by atoms with Crippen LogP contribution in [-0.4, -0.2) is 17.0 Å². The highest BCUT2D eigenvalue weighted by Crippen LogP contribution is 2.26. The third-order valence-electron chi connectivity index (χ3n) is 2.34. The number of carboxylic acids is 1. The van der Waals surface area contributed by atoms with Crippen LogP contribution < -0.4 is 5.32 Å². The van der Waals surface area contributed by atoms with Crippen molar-refractivity contribution in [3.8, 4) is 0 Å². The van der Waals surface area contributed by atoms with Crippen LogP contribution >= 0.6 is 15.9 Å². The van der Waals surface area contributed by atoms with Gasteiger partial charge in [0.2, 0.25) is 5.91 Å². The number of nitrogens with one attached hydrogen (secondary N) is 1. The van der Waals surface area contributed by atoms with Crippen molar-refractivity contribution < 1.29 is 14.7 Å². The van der Waals surface area contributed by atoms with Crippen LogP contribution in [0.2, 0.25) is 0 Å². The van der Waals surface area contributed by atoms with Crippen LogP contribution in [0, 0.1) is 5.41 Å². The van der Waals surface area contributed by atoms with Crippen molar-refractivity contribution in [3.05, 3.63) is 34.3 Å².